The van der Waals surface area contributed by atoms with Crippen LogP contribution in [0.5, 0.6) is 0 Å². The summed E-state index contributed by atoms with van der Waals surface area (Å²) < 4.78 is 23.3. The molecule has 0 aromatic rings. The molecule has 0 aliphatic carbocycles. The van der Waals surface area contributed by atoms with Crippen molar-refractivity contribution in [2.45, 2.75) is 65.3 Å². The van der Waals surface area contributed by atoms with Gasteiger partial charge < -0.3 is 14.3 Å². The summed E-state index contributed by atoms with van der Waals surface area (Å²) in [4.78, 5) is 0. The van der Waals surface area contributed by atoms with Crippen LogP contribution in [0.4, 0.5) is 0 Å². The van der Waals surface area contributed by atoms with Gasteiger partial charge in [-0.2, -0.15) is 0 Å². The topological polar surface area (TPSA) is 62.9 Å². The molecule has 5 nitrogen and oxygen atoms in total. The molecule has 0 saturated carbocycles. The molecule has 0 bridgehead atoms. The fourth-order valence-electron chi connectivity index (χ4n) is 1.48. The van der Waals surface area contributed by atoms with Gasteiger partial charge in [0.2, 0.25) is 8.32 Å². The second-order valence-corrected chi connectivity index (χ2v) is 18.4. The minimum atomic E-state index is -2.78. The molecule has 2 atom stereocenters. The maximum atomic E-state index is 6.13. The fraction of sp³-hybridized carbons (Fsp3) is 1.00. The van der Waals surface area contributed by atoms with Crippen LogP contribution in [0.15, 0.2) is 0 Å². The average Bonchev–Trinajstić information content (AvgIpc) is 2.10. The monoisotopic (exact) mass is 325 g/mol. The first kappa shape index (κ1) is 19.5. The number of rotatable bonds is 9. The molecular weight excluding hydrogens is 294 g/mol. The lowest BCUT2D eigenvalue weighted by Gasteiger charge is -2.35. The van der Waals surface area contributed by atoms with Gasteiger partial charge in [0.25, 0.3) is 0 Å². The van der Waals surface area contributed by atoms with E-state index in [0.29, 0.717) is 6.54 Å². The lowest BCUT2D eigenvalue weighted by Crippen LogP contribution is -2.53. The van der Waals surface area contributed by atoms with Crippen LogP contribution >= 0.6 is 0 Å². The molecule has 0 heterocycles. The molecule has 0 aliphatic heterocycles. The van der Waals surface area contributed by atoms with E-state index in [2.05, 4.69) is 39.3 Å². The van der Waals surface area contributed by atoms with Crippen molar-refractivity contribution in [3.63, 3.8) is 0 Å². The summed E-state index contributed by atoms with van der Waals surface area (Å²) >= 11 is 0. The van der Waals surface area contributed by atoms with Gasteiger partial charge in [-0.3, -0.25) is 4.58 Å². The zero-order chi connectivity index (χ0) is 15.3. The first-order valence-corrected chi connectivity index (χ1v) is 15.9. The normalized spacial score (nSPS) is 18.2. The Morgan fingerprint density at radius 1 is 0.895 bits per heavy atom. The molecular formula is C11H31NO4Si3. The fourth-order valence-corrected chi connectivity index (χ4v) is 8.75. The summed E-state index contributed by atoms with van der Waals surface area (Å²) in [5.41, 5.74) is 5.56. The van der Waals surface area contributed by atoms with E-state index >= 15 is 0 Å². The van der Waals surface area contributed by atoms with Crippen LogP contribution in [0, 0.1) is 0 Å². The molecule has 0 rings (SSSR count). The van der Waals surface area contributed by atoms with Crippen LogP contribution in [-0.2, 0) is 17.7 Å². The SMILES string of the molecule is CC(CCN)O[Si](C)(OO[Si](C)(C)C)O[Si](C)(C)C. The van der Waals surface area contributed by atoms with Gasteiger partial charge in [-0.1, -0.05) is 0 Å². The molecule has 0 radical (unpaired) electrons. The summed E-state index contributed by atoms with van der Waals surface area (Å²) in [7, 11) is -6.31. The average molecular weight is 326 g/mol. The predicted octanol–water partition coefficient (Wildman–Crippen LogP) is 2.94. The van der Waals surface area contributed by atoms with Crippen molar-refractivity contribution in [3.8, 4) is 0 Å². The molecule has 8 heteroatoms. The maximum Gasteiger partial charge on any atom is 0.515 e. The lowest BCUT2D eigenvalue weighted by molar-refractivity contribution is -0.168. The Morgan fingerprint density at radius 2 is 1.42 bits per heavy atom. The van der Waals surface area contributed by atoms with E-state index in [4.69, 9.17) is 23.4 Å². The third kappa shape index (κ3) is 10.9. The second-order valence-electron chi connectivity index (χ2n) is 6.86. The Balaban J connectivity index is 4.71. The Kier molecular flexibility index (Phi) is 7.63. The Morgan fingerprint density at radius 3 is 1.79 bits per heavy atom. The number of nitrogens with two attached hydrogens (primary N) is 1. The van der Waals surface area contributed by atoms with Crippen LogP contribution in [-0.4, -0.2) is 38.1 Å². The van der Waals surface area contributed by atoms with E-state index in [1.54, 1.807) is 0 Å². The minimum Gasteiger partial charge on any atom is -0.415 e. The molecule has 0 aromatic carbocycles. The highest BCUT2D eigenvalue weighted by Crippen LogP contribution is 2.21. The molecule has 0 saturated heterocycles. The zero-order valence-corrected chi connectivity index (χ0v) is 16.7. The summed E-state index contributed by atoms with van der Waals surface area (Å²) in [5, 5.41) is 0. The smallest absolute Gasteiger partial charge is 0.415 e. The Bertz CT molecular complexity index is 268. The standard InChI is InChI=1S/C11H31NO4Si3/c1-11(9-10-12)13-19(8,16-18(5,6)7)15-14-17(2,3)4/h11H,9-10,12H2,1-8H3. The van der Waals surface area contributed by atoms with Crippen LogP contribution in [0.2, 0.25) is 45.8 Å². The van der Waals surface area contributed by atoms with Crippen molar-refractivity contribution in [3.05, 3.63) is 0 Å². The quantitative estimate of drug-likeness (QED) is 0.401. The van der Waals surface area contributed by atoms with Crippen molar-refractivity contribution < 1.29 is 17.7 Å². The second kappa shape index (κ2) is 7.46. The van der Waals surface area contributed by atoms with E-state index in [-0.39, 0.29) is 6.10 Å². The van der Waals surface area contributed by atoms with Gasteiger partial charge in [0.05, 0.1) is 0 Å². The van der Waals surface area contributed by atoms with E-state index < -0.39 is 25.4 Å². The molecule has 2 unspecified atom stereocenters. The summed E-state index contributed by atoms with van der Waals surface area (Å²) in [5.74, 6) is 0. The van der Waals surface area contributed by atoms with Gasteiger partial charge in [-0.15, -0.1) is 0 Å². The van der Waals surface area contributed by atoms with Gasteiger partial charge in [0.15, 0.2) is 8.32 Å². The molecule has 0 aromatic heterocycles. The van der Waals surface area contributed by atoms with Crippen molar-refractivity contribution in [2.75, 3.05) is 6.54 Å². The van der Waals surface area contributed by atoms with Crippen molar-refractivity contribution in [1.82, 2.24) is 0 Å². The van der Waals surface area contributed by atoms with Crippen molar-refractivity contribution >= 4 is 25.4 Å². The Hall–Kier alpha value is 0.451. The largest absolute Gasteiger partial charge is 0.515 e. The van der Waals surface area contributed by atoms with Crippen LogP contribution < -0.4 is 5.73 Å². The van der Waals surface area contributed by atoms with Crippen LogP contribution in [0.1, 0.15) is 13.3 Å². The van der Waals surface area contributed by atoms with E-state index in [1.807, 2.05) is 13.5 Å². The molecule has 0 amide bonds. The predicted molar refractivity (Wildman–Crippen MR) is 85.8 cm³/mol. The summed E-state index contributed by atoms with van der Waals surface area (Å²) in [6, 6.07) is 0. The van der Waals surface area contributed by atoms with E-state index in [1.165, 1.54) is 0 Å². The first-order valence-electron chi connectivity index (χ1n) is 6.82. The van der Waals surface area contributed by atoms with Gasteiger partial charge in [0, 0.05) is 12.7 Å². The summed E-state index contributed by atoms with van der Waals surface area (Å²) in [6.07, 6.45) is 0.803. The summed E-state index contributed by atoms with van der Waals surface area (Å²) in [6.45, 7) is 17.0. The highest BCUT2D eigenvalue weighted by Gasteiger charge is 2.43. The van der Waals surface area contributed by atoms with Gasteiger partial charge in [-0.25, -0.2) is 4.58 Å². The molecule has 0 spiro atoms. The lowest BCUT2D eigenvalue weighted by atomic mass is 10.3. The molecule has 116 valence electrons. The zero-order valence-electron chi connectivity index (χ0n) is 13.7. The van der Waals surface area contributed by atoms with Gasteiger partial charge in [-0.05, 0) is 59.2 Å². The van der Waals surface area contributed by atoms with Crippen LogP contribution in [0.25, 0.3) is 0 Å². The highest BCUT2D eigenvalue weighted by atomic mass is 28.5. The van der Waals surface area contributed by atoms with Gasteiger partial charge in [0.1, 0.15) is 0 Å². The van der Waals surface area contributed by atoms with Crippen molar-refractivity contribution in [1.29, 1.82) is 0 Å². The molecule has 2 N–H and O–H groups in total. The van der Waals surface area contributed by atoms with Crippen molar-refractivity contribution in [2.24, 2.45) is 5.73 Å². The van der Waals surface area contributed by atoms with E-state index in [9.17, 15) is 0 Å². The number of hydrogen-bond donors (Lipinski definition) is 1. The third-order valence-electron chi connectivity index (χ3n) is 1.92. The third-order valence-corrected chi connectivity index (χ3v) is 7.82. The molecule has 0 aliphatic rings. The van der Waals surface area contributed by atoms with Gasteiger partial charge >= 0.3 is 8.80 Å². The number of hydrogen-bond acceptors (Lipinski definition) is 5. The Labute approximate surface area is 121 Å². The van der Waals surface area contributed by atoms with Crippen LogP contribution in [0.3, 0.4) is 0 Å². The molecule has 19 heavy (non-hydrogen) atoms. The highest BCUT2D eigenvalue weighted by molar-refractivity contribution is 6.79. The maximum absolute atomic E-state index is 6.13. The molecule has 0 fully saturated rings. The first-order chi connectivity index (χ1) is 8.37. The van der Waals surface area contributed by atoms with E-state index in [0.717, 1.165) is 6.42 Å². The minimum absolute atomic E-state index is 0.0169.